The van der Waals surface area contributed by atoms with Crippen molar-refractivity contribution in [1.29, 1.82) is 0 Å². The van der Waals surface area contributed by atoms with Crippen molar-refractivity contribution in [2.45, 2.75) is 25.7 Å². The minimum atomic E-state index is -0.918. The van der Waals surface area contributed by atoms with Gasteiger partial charge in [-0.25, -0.2) is 0 Å². The SMILES string of the molecule is O=C(O)[C@H]1CCCC[C@@H]1C(=O)c1ccc2ccccc2c1O. The van der Waals surface area contributed by atoms with Gasteiger partial charge in [-0.1, -0.05) is 43.2 Å². The topological polar surface area (TPSA) is 74.6 Å². The fourth-order valence-electron chi connectivity index (χ4n) is 3.39. The second-order valence-corrected chi connectivity index (χ2v) is 5.88. The summed E-state index contributed by atoms with van der Waals surface area (Å²) in [6.07, 6.45) is 2.79. The van der Waals surface area contributed by atoms with Crippen molar-refractivity contribution in [3.63, 3.8) is 0 Å². The van der Waals surface area contributed by atoms with Gasteiger partial charge in [-0.3, -0.25) is 9.59 Å². The lowest BCUT2D eigenvalue weighted by Crippen LogP contribution is -2.32. The number of ketones is 1. The lowest BCUT2D eigenvalue weighted by molar-refractivity contribution is -0.144. The Kier molecular flexibility index (Phi) is 3.84. The average molecular weight is 298 g/mol. The van der Waals surface area contributed by atoms with Gasteiger partial charge in [0.25, 0.3) is 0 Å². The summed E-state index contributed by atoms with van der Waals surface area (Å²) in [6.45, 7) is 0. The van der Waals surface area contributed by atoms with Crippen molar-refractivity contribution in [2.24, 2.45) is 11.8 Å². The zero-order valence-corrected chi connectivity index (χ0v) is 12.2. The zero-order valence-electron chi connectivity index (χ0n) is 12.2. The number of carbonyl (C=O) groups excluding carboxylic acids is 1. The second kappa shape index (κ2) is 5.79. The van der Waals surface area contributed by atoms with Crippen LogP contribution in [-0.4, -0.2) is 22.0 Å². The predicted octanol–water partition coefficient (Wildman–Crippen LogP) is 3.62. The van der Waals surface area contributed by atoms with E-state index in [-0.39, 0.29) is 17.1 Å². The van der Waals surface area contributed by atoms with Crippen molar-refractivity contribution in [3.05, 3.63) is 42.0 Å². The van der Waals surface area contributed by atoms with Crippen LogP contribution in [0.15, 0.2) is 36.4 Å². The van der Waals surface area contributed by atoms with E-state index in [1.807, 2.05) is 12.1 Å². The van der Waals surface area contributed by atoms with Gasteiger partial charge in [0.05, 0.1) is 11.5 Å². The summed E-state index contributed by atoms with van der Waals surface area (Å²) in [7, 11) is 0. The van der Waals surface area contributed by atoms with Crippen molar-refractivity contribution in [3.8, 4) is 5.75 Å². The Balaban J connectivity index is 2.01. The highest BCUT2D eigenvalue weighted by Gasteiger charge is 2.36. The number of carboxylic acids is 1. The van der Waals surface area contributed by atoms with Crippen LogP contribution in [0.1, 0.15) is 36.0 Å². The standard InChI is InChI=1S/C18H18O4/c19-16-12-6-2-1-5-11(12)9-10-15(16)17(20)13-7-3-4-8-14(13)18(21)22/h1-2,5-6,9-10,13-14,19H,3-4,7-8H2,(H,21,22)/t13-,14-/m0/s1. The molecule has 0 radical (unpaired) electrons. The summed E-state index contributed by atoms with van der Waals surface area (Å²) in [5, 5.41) is 21.2. The zero-order chi connectivity index (χ0) is 15.7. The molecular formula is C18H18O4. The summed E-state index contributed by atoms with van der Waals surface area (Å²) in [5.74, 6) is -2.41. The molecule has 1 saturated carbocycles. The Morgan fingerprint density at radius 3 is 2.36 bits per heavy atom. The summed E-state index contributed by atoms with van der Waals surface area (Å²) in [4.78, 5) is 24.1. The van der Waals surface area contributed by atoms with Crippen LogP contribution in [0.4, 0.5) is 0 Å². The lowest BCUT2D eigenvalue weighted by Gasteiger charge is -2.27. The van der Waals surface area contributed by atoms with Gasteiger partial charge >= 0.3 is 5.97 Å². The van der Waals surface area contributed by atoms with Gasteiger partial charge in [0.15, 0.2) is 5.78 Å². The molecule has 4 heteroatoms. The van der Waals surface area contributed by atoms with Gasteiger partial charge in [-0.05, 0) is 24.3 Å². The molecule has 0 spiro atoms. The number of carbonyl (C=O) groups is 2. The lowest BCUT2D eigenvalue weighted by atomic mass is 9.75. The molecule has 2 atom stereocenters. The number of aromatic hydroxyl groups is 1. The van der Waals surface area contributed by atoms with Crippen LogP contribution in [0.3, 0.4) is 0 Å². The van der Waals surface area contributed by atoms with Crippen LogP contribution in [0.2, 0.25) is 0 Å². The third-order valence-corrected chi connectivity index (χ3v) is 4.59. The normalized spacial score (nSPS) is 21.6. The summed E-state index contributed by atoms with van der Waals surface area (Å²) >= 11 is 0. The fourth-order valence-corrected chi connectivity index (χ4v) is 3.39. The van der Waals surface area contributed by atoms with E-state index in [1.54, 1.807) is 24.3 Å². The highest BCUT2D eigenvalue weighted by molar-refractivity contribution is 6.06. The van der Waals surface area contributed by atoms with Crippen molar-refractivity contribution in [1.82, 2.24) is 0 Å². The molecule has 0 bridgehead atoms. The first-order chi connectivity index (χ1) is 10.6. The average Bonchev–Trinajstić information content (AvgIpc) is 2.55. The summed E-state index contributed by atoms with van der Waals surface area (Å²) in [6, 6.07) is 10.7. The number of hydrogen-bond acceptors (Lipinski definition) is 3. The van der Waals surface area contributed by atoms with Gasteiger partial charge in [-0.15, -0.1) is 0 Å². The molecule has 22 heavy (non-hydrogen) atoms. The number of phenols is 1. The minimum absolute atomic E-state index is 0.0437. The van der Waals surface area contributed by atoms with E-state index in [0.717, 1.165) is 18.2 Å². The van der Waals surface area contributed by atoms with Gasteiger partial charge in [0.2, 0.25) is 0 Å². The van der Waals surface area contributed by atoms with E-state index in [9.17, 15) is 19.8 Å². The van der Waals surface area contributed by atoms with E-state index in [4.69, 9.17) is 0 Å². The number of hydrogen-bond donors (Lipinski definition) is 2. The smallest absolute Gasteiger partial charge is 0.307 e. The Morgan fingerprint density at radius 1 is 0.955 bits per heavy atom. The molecule has 0 unspecified atom stereocenters. The van der Waals surface area contributed by atoms with Gasteiger partial charge in [0, 0.05) is 11.3 Å². The molecule has 2 aromatic carbocycles. The number of aliphatic carboxylic acids is 1. The molecule has 0 saturated heterocycles. The van der Waals surface area contributed by atoms with Crippen LogP contribution < -0.4 is 0 Å². The fraction of sp³-hybridized carbons (Fsp3) is 0.333. The van der Waals surface area contributed by atoms with Gasteiger partial charge < -0.3 is 10.2 Å². The highest BCUT2D eigenvalue weighted by Crippen LogP contribution is 2.36. The monoisotopic (exact) mass is 298 g/mol. The molecule has 0 aliphatic heterocycles. The molecule has 2 N–H and O–H groups in total. The molecular weight excluding hydrogens is 280 g/mol. The molecule has 0 heterocycles. The molecule has 0 amide bonds. The van der Waals surface area contributed by atoms with Gasteiger partial charge in [0.1, 0.15) is 5.75 Å². The first-order valence-electron chi connectivity index (χ1n) is 7.57. The van der Waals surface area contributed by atoms with Crippen LogP contribution >= 0.6 is 0 Å². The molecule has 3 rings (SSSR count). The highest BCUT2D eigenvalue weighted by atomic mass is 16.4. The number of fused-ring (bicyclic) bond motifs is 1. The molecule has 1 fully saturated rings. The Bertz CT molecular complexity index is 735. The molecule has 0 aromatic heterocycles. The van der Waals surface area contributed by atoms with Crippen LogP contribution in [0, 0.1) is 11.8 Å². The molecule has 4 nitrogen and oxygen atoms in total. The molecule has 114 valence electrons. The molecule has 2 aromatic rings. The van der Waals surface area contributed by atoms with E-state index < -0.39 is 17.8 Å². The molecule has 1 aliphatic carbocycles. The van der Waals surface area contributed by atoms with Crippen molar-refractivity contribution in [2.75, 3.05) is 0 Å². The van der Waals surface area contributed by atoms with E-state index >= 15 is 0 Å². The number of Topliss-reactive ketones (excluding diaryl/α,β-unsaturated/α-hetero) is 1. The number of rotatable bonds is 3. The van der Waals surface area contributed by atoms with E-state index in [1.165, 1.54) is 0 Å². The van der Waals surface area contributed by atoms with E-state index in [2.05, 4.69) is 0 Å². The first-order valence-corrected chi connectivity index (χ1v) is 7.57. The Labute approximate surface area is 128 Å². The second-order valence-electron chi connectivity index (χ2n) is 5.88. The number of carboxylic acid groups (broad SMARTS) is 1. The Hall–Kier alpha value is -2.36. The summed E-state index contributed by atoms with van der Waals surface area (Å²) in [5.41, 5.74) is 0.233. The predicted molar refractivity (Wildman–Crippen MR) is 83.0 cm³/mol. The minimum Gasteiger partial charge on any atom is -0.507 e. The third-order valence-electron chi connectivity index (χ3n) is 4.59. The van der Waals surface area contributed by atoms with Crippen molar-refractivity contribution >= 4 is 22.5 Å². The van der Waals surface area contributed by atoms with Crippen LogP contribution in [-0.2, 0) is 4.79 Å². The van der Waals surface area contributed by atoms with E-state index in [0.29, 0.717) is 18.2 Å². The maximum Gasteiger partial charge on any atom is 0.307 e. The number of benzene rings is 2. The Morgan fingerprint density at radius 2 is 1.64 bits per heavy atom. The first kappa shape index (κ1) is 14.6. The van der Waals surface area contributed by atoms with Crippen LogP contribution in [0.5, 0.6) is 5.75 Å². The summed E-state index contributed by atoms with van der Waals surface area (Å²) < 4.78 is 0. The quantitative estimate of drug-likeness (QED) is 0.849. The third kappa shape index (κ3) is 2.45. The number of phenolic OH excluding ortho intramolecular Hbond substituents is 1. The maximum absolute atomic E-state index is 12.8. The molecule has 1 aliphatic rings. The van der Waals surface area contributed by atoms with Gasteiger partial charge in [-0.2, -0.15) is 0 Å². The maximum atomic E-state index is 12.8. The van der Waals surface area contributed by atoms with Crippen LogP contribution in [0.25, 0.3) is 10.8 Å². The van der Waals surface area contributed by atoms with Crippen molar-refractivity contribution < 1.29 is 19.8 Å². The largest absolute Gasteiger partial charge is 0.507 e.